The van der Waals surface area contributed by atoms with Gasteiger partial charge in [0.25, 0.3) is 0 Å². The summed E-state index contributed by atoms with van der Waals surface area (Å²) >= 11 is 0. The van der Waals surface area contributed by atoms with Gasteiger partial charge in [-0.15, -0.1) is 0 Å². The van der Waals surface area contributed by atoms with Crippen LogP contribution in [0.5, 0.6) is 5.75 Å². The maximum Gasteiger partial charge on any atom is 0.249 e. The van der Waals surface area contributed by atoms with Gasteiger partial charge in [-0.2, -0.15) is 0 Å². The van der Waals surface area contributed by atoms with Crippen molar-refractivity contribution in [3.63, 3.8) is 0 Å². The Bertz CT molecular complexity index is 738. The summed E-state index contributed by atoms with van der Waals surface area (Å²) < 4.78 is 15.9. The van der Waals surface area contributed by atoms with E-state index in [-0.39, 0.29) is 18.6 Å². The first-order valence-corrected chi connectivity index (χ1v) is 8.04. The molecule has 0 aliphatic carbocycles. The average Bonchev–Trinajstić information content (AvgIpc) is 2.67. The van der Waals surface area contributed by atoms with Gasteiger partial charge in [-0.3, -0.25) is 14.8 Å². The third kappa shape index (κ3) is 3.78. The van der Waals surface area contributed by atoms with E-state index in [1.807, 2.05) is 12.1 Å². The number of carbonyl (C=O) groups is 1. The molecule has 132 valence electrons. The molecule has 2 aromatic rings. The molecule has 0 spiro atoms. The van der Waals surface area contributed by atoms with Crippen molar-refractivity contribution < 1.29 is 19.0 Å². The first-order chi connectivity index (χ1) is 12.2. The third-order valence-electron chi connectivity index (χ3n) is 4.20. The van der Waals surface area contributed by atoms with Gasteiger partial charge in [0, 0.05) is 43.4 Å². The van der Waals surface area contributed by atoms with E-state index >= 15 is 0 Å². The van der Waals surface area contributed by atoms with Gasteiger partial charge >= 0.3 is 0 Å². The summed E-state index contributed by atoms with van der Waals surface area (Å²) in [6.45, 7) is 1.49. The fraction of sp³-hybridized carbons (Fsp3) is 0.389. The van der Waals surface area contributed by atoms with E-state index in [1.165, 1.54) is 0 Å². The molecular formula is C18H21N3O4. The molecule has 2 aromatic heterocycles. The van der Waals surface area contributed by atoms with E-state index in [9.17, 15) is 4.79 Å². The number of morpholine rings is 1. The minimum atomic E-state index is -0.216. The first-order valence-electron chi connectivity index (χ1n) is 8.04. The molecule has 1 aliphatic rings. The van der Waals surface area contributed by atoms with Crippen LogP contribution in [0.1, 0.15) is 11.6 Å². The molecule has 1 fully saturated rings. The molecule has 0 saturated carbocycles. The second-order valence-corrected chi connectivity index (χ2v) is 5.69. The van der Waals surface area contributed by atoms with Gasteiger partial charge in [0.2, 0.25) is 5.91 Å². The molecule has 0 radical (unpaired) electrons. The van der Waals surface area contributed by atoms with Crippen molar-refractivity contribution in [1.82, 2.24) is 14.9 Å². The number of ether oxygens (including phenoxy) is 3. The van der Waals surface area contributed by atoms with E-state index in [1.54, 1.807) is 43.9 Å². The molecule has 3 heterocycles. The monoisotopic (exact) mass is 343 g/mol. The maximum atomic E-state index is 12.3. The minimum absolute atomic E-state index is 0.0492. The number of aromatic nitrogens is 2. The Morgan fingerprint density at radius 3 is 2.96 bits per heavy atom. The normalized spacial score (nSPS) is 17.6. The van der Waals surface area contributed by atoms with Crippen LogP contribution >= 0.6 is 0 Å². The molecule has 3 rings (SSSR count). The Morgan fingerprint density at radius 2 is 2.16 bits per heavy atom. The number of pyridine rings is 2. The number of amides is 1. The summed E-state index contributed by atoms with van der Waals surface area (Å²) in [6.07, 6.45) is 6.93. The standard InChI is InChI=1S/C18H21N3O4/c1-23-6-5-21-17(11-25-12-18(21)22)16-10-19-4-3-15(16)13-7-14(24-2)9-20-8-13/h3-4,7-10,17H,5-6,11-12H2,1-2H3. The highest BCUT2D eigenvalue weighted by Gasteiger charge is 2.31. The fourth-order valence-electron chi connectivity index (χ4n) is 2.95. The summed E-state index contributed by atoms with van der Waals surface area (Å²) in [5.74, 6) is 0.624. The molecule has 0 N–H and O–H groups in total. The number of rotatable bonds is 6. The third-order valence-corrected chi connectivity index (χ3v) is 4.20. The summed E-state index contributed by atoms with van der Waals surface area (Å²) in [5.41, 5.74) is 2.77. The summed E-state index contributed by atoms with van der Waals surface area (Å²) in [4.78, 5) is 22.6. The Balaban J connectivity index is 1.99. The Labute approximate surface area is 146 Å². The van der Waals surface area contributed by atoms with Crippen LogP contribution in [0.25, 0.3) is 11.1 Å². The van der Waals surface area contributed by atoms with Crippen LogP contribution in [0.15, 0.2) is 36.9 Å². The van der Waals surface area contributed by atoms with Gasteiger partial charge in [0.15, 0.2) is 0 Å². The zero-order valence-electron chi connectivity index (χ0n) is 14.3. The SMILES string of the molecule is COCCN1C(=O)COCC1c1cnccc1-c1cncc(OC)c1. The number of hydrogen-bond acceptors (Lipinski definition) is 6. The largest absolute Gasteiger partial charge is 0.495 e. The lowest BCUT2D eigenvalue weighted by molar-refractivity contribution is -0.149. The van der Waals surface area contributed by atoms with Crippen molar-refractivity contribution in [3.05, 3.63) is 42.5 Å². The van der Waals surface area contributed by atoms with E-state index < -0.39 is 0 Å². The fourth-order valence-corrected chi connectivity index (χ4v) is 2.95. The Kier molecular flexibility index (Phi) is 5.57. The smallest absolute Gasteiger partial charge is 0.249 e. The van der Waals surface area contributed by atoms with Crippen LogP contribution in [-0.4, -0.2) is 61.4 Å². The summed E-state index contributed by atoms with van der Waals surface area (Å²) in [7, 11) is 3.23. The van der Waals surface area contributed by atoms with Crippen molar-refractivity contribution >= 4 is 5.91 Å². The highest BCUT2D eigenvalue weighted by atomic mass is 16.5. The van der Waals surface area contributed by atoms with E-state index in [2.05, 4.69) is 9.97 Å². The maximum absolute atomic E-state index is 12.3. The molecule has 0 aromatic carbocycles. The van der Waals surface area contributed by atoms with Crippen molar-refractivity contribution in [2.24, 2.45) is 0 Å². The zero-order valence-corrected chi connectivity index (χ0v) is 14.3. The Hall–Kier alpha value is -2.51. The average molecular weight is 343 g/mol. The molecular weight excluding hydrogens is 322 g/mol. The lowest BCUT2D eigenvalue weighted by atomic mass is 9.96. The number of nitrogens with zero attached hydrogens (tertiary/aromatic N) is 3. The van der Waals surface area contributed by atoms with Crippen LogP contribution in [0, 0.1) is 0 Å². The van der Waals surface area contributed by atoms with E-state index in [0.717, 1.165) is 16.7 Å². The van der Waals surface area contributed by atoms with Crippen LogP contribution in [0.4, 0.5) is 0 Å². The van der Waals surface area contributed by atoms with Crippen molar-refractivity contribution in [3.8, 4) is 16.9 Å². The lowest BCUT2D eigenvalue weighted by Gasteiger charge is -2.36. The van der Waals surface area contributed by atoms with Gasteiger partial charge < -0.3 is 19.1 Å². The quantitative estimate of drug-likeness (QED) is 0.795. The molecule has 1 saturated heterocycles. The first kappa shape index (κ1) is 17.3. The lowest BCUT2D eigenvalue weighted by Crippen LogP contribution is -2.45. The molecule has 1 unspecified atom stereocenters. The predicted molar refractivity (Wildman–Crippen MR) is 91.2 cm³/mol. The van der Waals surface area contributed by atoms with Crippen molar-refractivity contribution in [2.75, 3.05) is 40.6 Å². The van der Waals surface area contributed by atoms with Crippen LogP contribution in [0.2, 0.25) is 0 Å². The molecule has 25 heavy (non-hydrogen) atoms. The number of carbonyl (C=O) groups excluding carboxylic acids is 1. The van der Waals surface area contributed by atoms with Gasteiger partial charge in [0.1, 0.15) is 12.4 Å². The van der Waals surface area contributed by atoms with Crippen molar-refractivity contribution in [2.45, 2.75) is 6.04 Å². The van der Waals surface area contributed by atoms with Crippen LogP contribution in [0.3, 0.4) is 0 Å². The molecule has 7 heteroatoms. The second-order valence-electron chi connectivity index (χ2n) is 5.69. The van der Waals surface area contributed by atoms with Crippen LogP contribution < -0.4 is 4.74 Å². The number of hydrogen-bond donors (Lipinski definition) is 0. The van der Waals surface area contributed by atoms with E-state index in [0.29, 0.717) is 25.5 Å². The second kappa shape index (κ2) is 8.04. The molecule has 1 aliphatic heterocycles. The molecule has 1 amide bonds. The predicted octanol–water partition coefficient (Wildman–Crippen LogP) is 1.70. The summed E-state index contributed by atoms with van der Waals surface area (Å²) in [5, 5.41) is 0. The zero-order chi connectivity index (χ0) is 17.6. The van der Waals surface area contributed by atoms with Gasteiger partial charge in [-0.05, 0) is 17.7 Å². The number of methoxy groups -OCH3 is 2. The minimum Gasteiger partial charge on any atom is -0.495 e. The topological polar surface area (TPSA) is 73.8 Å². The Morgan fingerprint density at radius 1 is 1.28 bits per heavy atom. The summed E-state index contributed by atoms with van der Waals surface area (Å²) in [6, 6.07) is 3.61. The van der Waals surface area contributed by atoms with Crippen molar-refractivity contribution in [1.29, 1.82) is 0 Å². The highest BCUT2D eigenvalue weighted by molar-refractivity contribution is 5.79. The van der Waals surface area contributed by atoms with Gasteiger partial charge in [-0.1, -0.05) is 0 Å². The molecule has 7 nitrogen and oxygen atoms in total. The molecule has 1 atom stereocenters. The van der Waals surface area contributed by atoms with Gasteiger partial charge in [-0.25, -0.2) is 0 Å². The molecule has 0 bridgehead atoms. The van der Waals surface area contributed by atoms with E-state index in [4.69, 9.17) is 14.2 Å². The van der Waals surface area contributed by atoms with Crippen LogP contribution in [-0.2, 0) is 14.3 Å². The highest BCUT2D eigenvalue weighted by Crippen LogP contribution is 2.33. The van der Waals surface area contributed by atoms with Gasteiger partial charge in [0.05, 0.1) is 32.6 Å².